The average molecular weight is 285 g/mol. The highest BCUT2D eigenvalue weighted by atomic mass is 32.2. The Kier molecular flexibility index (Phi) is 3.25. The van der Waals surface area contributed by atoms with Gasteiger partial charge in [-0.3, -0.25) is 14.9 Å². The Balaban J connectivity index is 2.56. The Morgan fingerprint density at radius 3 is 2.47 bits per heavy atom. The number of nitro groups is 1. The molecular formula is C10H9N2O6S-. The second kappa shape index (κ2) is 4.59. The van der Waals surface area contributed by atoms with E-state index in [4.69, 9.17) is 0 Å². The summed E-state index contributed by atoms with van der Waals surface area (Å²) in [7, 11) is -4.77. The van der Waals surface area contributed by atoms with Gasteiger partial charge in [-0.2, -0.15) is 0 Å². The predicted molar refractivity (Wildman–Crippen MR) is 62.6 cm³/mol. The summed E-state index contributed by atoms with van der Waals surface area (Å²) in [6.45, 7) is 0.336. The van der Waals surface area contributed by atoms with E-state index in [1.165, 1.54) is 4.90 Å². The minimum atomic E-state index is -4.77. The van der Waals surface area contributed by atoms with Crippen LogP contribution in [0.3, 0.4) is 0 Å². The molecule has 0 N–H and O–H groups in total. The summed E-state index contributed by atoms with van der Waals surface area (Å²) in [5.74, 6) is -0.263. The first-order valence-corrected chi connectivity index (χ1v) is 6.76. The van der Waals surface area contributed by atoms with Gasteiger partial charge in [-0.15, -0.1) is 0 Å². The Hall–Kier alpha value is -2.00. The first-order chi connectivity index (χ1) is 8.80. The van der Waals surface area contributed by atoms with E-state index in [9.17, 15) is 27.9 Å². The lowest BCUT2D eigenvalue weighted by molar-refractivity contribution is -0.384. The molecule has 0 radical (unpaired) electrons. The van der Waals surface area contributed by atoms with Gasteiger partial charge in [0.2, 0.25) is 5.91 Å². The monoisotopic (exact) mass is 285 g/mol. The SMILES string of the molecule is O=C1CCCN1c1ccc(S(=O)(=O)[O-])cc1[N+](=O)[O-]. The summed E-state index contributed by atoms with van der Waals surface area (Å²) < 4.78 is 32.5. The summed E-state index contributed by atoms with van der Waals surface area (Å²) >= 11 is 0. The third kappa shape index (κ3) is 2.56. The Bertz CT molecular complexity index is 654. The fraction of sp³-hybridized carbons (Fsp3) is 0.300. The smallest absolute Gasteiger partial charge is 0.294 e. The zero-order valence-corrected chi connectivity index (χ0v) is 10.4. The van der Waals surface area contributed by atoms with Gasteiger partial charge in [0.15, 0.2) is 0 Å². The molecule has 0 saturated carbocycles. The van der Waals surface area contributed by atoms with Crippen LogP contribution >= 0.6 is 0 Å². The lowest BCUT2D eigenvalue weighted by Crippen LogP contribution is -2.24. The van der Waals surface area contributed by atoms with Crippen molar-refractivity contribution in [1.82, 2.24) is 0 Å². The van der Waals surface area contributed by atoms with E-state index in [1.54, 1.807) is 0 Å². The van der Waals surface area contributed by atoms with Crippen molar-refractivity contribution in [2.75, 3.05) is 11.4 Å². The fourth-order valence-electron chi connectivity index (χ4n) is 1.94. The zero-order valence-electron chi connectivity index (χ0n) is 9.61. The van der Waals surface area contributed by atoms with Gasteiger partial charge in [0.25, 0.3) is 5.69 Å². The van der Waals surface area contributed by atoms with Crippen LogP contribution in [0.15, 0.2) is 23.1 Å². The maximum Gasteiger partial charge on any atom is 0.294 e. The van der Waals surface area contributed by atoms with E-state index < -0.39 is 25.6 Å². The molecule has 1 heterocycles. The molecule has 0 atom stereocenters. The number of benzene rings is 1. The molecule has 1 aliphatic heterocycles. The molecule has 1 aromatic carbocycles. The Morgan fingerprint density at radius 1 is 1.32 bits per heavy atom. The van der Waals surface area contributed by atoms with Gasteiger partial charge in [0.1, 0.15) is 15.8 Å². The van der Waals surface area contributed by atoms with E-state index in [1.807, 2.05) is 0 Å². The number of rotatable bonds is 3. The van der Waals surface area contributed by atoms with Gasteiger partial charge in [-0.25, -0.2) is 8.42 Å². The quantitative estimate of drug-likeness (QED) is 0.456. The van der Waals surface area contributed by atoms with Crippen LogP contribution in [0.2, 0.25) is 0 Å². The lowest BCUT2D eigenvalue weighted by Gasteiger charge is -2.16. The highest BCUT2D eigenvalue weighted by molar-refractivity contribution is 7.85. The van der Waals surface area contributed by atoms with Crippen molar-refractivity contribution >= 4 is 27.4 Å². The minimum absolute atomic E-state index is 0.0138. The van der Waals surface area contributed by atoms with E-state index in [0.29, 0.717) is 25.5 Å². The molecule has 102 valence electrons. The number of nitrogens with zero attached hydrogens (tertiary/aromatic N) is 2. The summed E-state index contributed by atoms with van der Waals surface area (Å²) in [5, 5.41) is 10.9. The molecule has 1 amide bonds. The maximum atomic E-state index is 11.6. The van der Waals surface area contributed by atoms with Crippen LogP contribution in [0.1, 0.15) is 12.8 Å². The maximum absolute atomic E-state index is 11.6. The fourth-order valence-corrected chi connectivity index (χ4v) is 2.43. The van der Waals surface area contributed by atoms with Gasteiger partial charge in [0, 0.05) is 19.0 Å². The molecule has 0 aromatic heterocycles. The van der Waals surface area contributed by atoms with Crippen LogP contribution in [-0.2, 0) is 14.9 Å². The van der Waals surface area contributed by atoms with Crippen LogP contribution < -0.4 is 4.90 Å². The van der Waals surface area contributed by atoms with E-state index in [0.717, 1.165) is 12.1 Å². The van der Waals surface area contributed by atoms with Gasteiger partial charge in [-0.1, -0.05) is 0 Å². The predicted octanol–water partition coefficient (Wildman–Crippen LogP) is 0.626. The highest BCUT2D eigenvalue weighted by Crippen LogP contribution is 2.33. The van der Waals surface area contributed by atoms with Crippen LogP contribution in [-0.4, -0.2) is 30.3 Å². The minimum Gasteiger partial charge on any atom is -0.744 e. The Morgan fingerprint density at radius 2 is 2.00 bits per heavy atom. The van der Waals surface area contributed by atoms with Gasteiger partial charge < -0.3 is 9.45 Å². The van der Waals surface area contributed by atoms with Crippen molar-refractivity contribution in [1.29, 1.82) is 0 Å². The van der Waals surface area contributed by atoms with Crippen molar-refractivity contribution in [3.8, 4) is 0 Å². The van der Waals surface area contributed by atoms with Gasteiger partial charge >= 0.3 is 0 Å². The van der Waals surface area contributed by atoms with E-state index in [2.05, 4.69) is 0 Å². The second-order valence-corrected chi connectivity index (χ2v) is 5.39. The molecule has 9 heteroatoms. The molecule has 0 spiro atoms. The molecule has 8 nitrogen and oxygen atoms in total. The van der Waals surface area contributed by atoms with Crippen LogP contribution in [0.4, 0.5) is 11.4 Å². The molecule has 1 aliphatic rings. The van der Waals surface area contributed by atoms with E-state index in [-0.39, 0.29) is 11.6 Å². The molecule has 19 heavy (non-hydrogen) atoms. The number of amides is 1. The van der Waals surface area contributed by atoms with Crippen molar-refractivity contribution in [2.24, 2.45) is 0 Å². The standard InChI is InChI=1S/C10H10N2O6S/c13-10-2-1-5-11(10)8-4-3-7(19(16,17)18)6-9(8)12(14)15/h3-4,6H,1-2,5H2,(H,16,17,18)/p-1. The zero-order chi connectivity index (χ0) is 14.2. The average Bonchev–Trinajstić information content (AvgIpc) is 2.73. The first kappa shape index (κ1) is 13.4. The Labute approximate surface area is 108 Å². The number of hydrogen-bond donors (Lipinski definition) is 0. The molecule has 0 aliphatic carbocycles. The van der Waals surface area contributed by atoms with Crippen LogP contribution in [0.5, 0.6) is 0 Å². The topological polar surface area (TPSA) is 121 Å². The second-order valence-electron chi connectivity index (χ2n) is 4.01. The molecule has 2 rings (SSSR count). The number of nitro benzene ring substituents is 1. The van der Waals surface area contributed by atoms with Crippen LogP contribution in [0, 0.1) is 10.1 Å². The number of carbonyl (C=O) groups excluding carboxylic acids is 1. The van der Waals surface area contributed by atoms with Crippen molar-refractivity contribution < 1.29 is 22.7 Å². The number of hydrogen-bond acceptors (Lipinski definition) is 6. The lowest BCUT2D eigenvalue weighted by atomic mass is 10.2. The van der Waals surface area contributed by atoms with Crippen molar-refractivity contribution in [3.05, 3.63) is 28.3 Å². The van der Waals surface area contributed by atoms with Crippen LogP contribution in [0.25, 0.3) is 0 Å². The number of anilines is 1. The van der Waals surface area contributed by atoms with E-state index >= 15 is 0 Å². The first-order valence-electron chi connectivity index (χ1n) is 5.35. The molecular weight excluding hydrogens is 276 g/mol. The van der Waals surface area contributed by atoms with Gasteiger partial charge in [0.05, 0.1) is 9.82 Å². The normalized spacial score (nSPS) is 15.8. The third-order valence-electron chi connectivity index (χ3n) is 2.80. The summed E-state index contributed by atoms with van der Waals surface area (Å²) in [6.07, 6.45) is 0.871. The molecule has 0 bridgehead atoms. The summed E-state index contributed by atoms with van der Waals surface area (Å²) in [4.78, 5) is 22.2. The number of carbonyl (C=O) groups is 1. The summed E-state index contributed by atoms with van der Waals surface area (Å²) in [6, 6.07) is 2.77. The molecule has 1 saturated heterocycles. The summed E-state index contributed by atoms with van der Waals surface area (Å²) in [5.41, 5.74) is -0.549. The van der Waals surface area contributed by atoms with Crippen molar-refractivity contribution in [2.45, 2.75) is 17.7 Å². The van der Waals surface area contributed by atoms with Crippen molar-refractivity contribution in [3.63, 3.8) is 0 Å². The molecule has 1 aromatic rings. The third-order valence-corrected chi connectivity index (χ3v) is 3.63. The largest absolute Gasteiger partial charge is 0.744 e. The van der Waals surface area contributed by atoms with Gasteiger partial charge in [-0.05, 0) is 18.6 Å². The molecule has 1 fully saturated rings. The highest BCUT2D eigenvalue weighted by Gasteiger charge is 2.28. The molecule has 0 unspecified atom stereocenters.